The number of hydrogen-bond acceptors (Lipinski definition) is 5. The minimum atomic E-state index is -0.871. The second-order valence-corrected chi connectivity index (χ2v) is 7.84. The van der Waals surface area contributed by atoms with Crippen molar-refractivity contribution in [2.45, 2.75) is 44.3 Å². The van der Waals surface area contributed by atoms with Crippen LogP contribution in [0.1, 0.15) is 41.2 Å². The van der Waals surface area contributed by atoms with Crippen LogP contribution in [0, 0.1) is 0 Å². The topological polar surface area (TPSA) is 90.2 Å². The van der Waals surface area contributed by atoms with Crippen molar-refractivity contribution in [3.05, 3.63) is 82.9 Å². The largest absolute Gasteiger partial charge is 0.508 e. The number of aliphatic hydroxyl groups is 1. The Hall–Kier alpha value is -3.18. The summed E-state index contributed by atoms with van der Waals surface area (Å²) in [5.74, 6) is 0.205. The van der Waals surface area contributed by atoms with Gasteiger partial charge in [0.25, 0.3) is 0 Å². The zero-order valence-corrected chi connectivity index (χ0v) is 16.7. The normalized spacial score (nSPS) is 17.9. The average molecular weight is 406 g/mol. The van der Waals surface area contributed by atoms with E-state index in [1.807, 2.05) is 24.3 Å². The van der Waals surface area contributed by atoms with Gasteiger partial charge in [-0.05, 0) is 66.6 Å². The van der Waals surface area contributed by atoms with E-state index in [2.05, 4.69) is 12.1 Å². The first-order valence-corrected chi connectivity index (χ1v) is 10.3. The Bertz CT molecular complexity index is 1020. The molecular weight excluding hydrogens is 380 g/mol. The molecule has 1 aliphatic rings. The van der Waals surface area contributed by atoms with Gasteiger partial charge in [-0.1, -0.05) is 36.4 Å². The Morgan fingerprint density at radius 3 is 2.23 bits per heavy atom. The molecule has 3 aromatic carbocycles. The monoisotopic (exact) mass is 406 g/mol. The summed E-state index contributed by atoms with van der Waals surface area (Å²) < 4.78 is 6.02. The van der Waals surface area contributed by atoms with E-state index in [1.54, 1.807) is 12.1 Å². The van der Waals surface area contributed by atoms with Gasteiger partial charge in [-0.15, -0.1) is 0 Å². The van der Waals surface area contributed by atoms with E-state index >= 15 is 0 Å². The molecule has 3 aromatic rings. The van der Waals surface area contributed by atoms with E-state index in [0.29, 0.717) is 16.9 Å². The quantitative estimate of drug-likeness (QED) is 0.360. The average Bonchev–Trinajstić information content (AvgIpc) is 2.74. The van der Waals surface area contributed by atoms with Gasteiger partial charge in [0.2, 0.25) is 0 Å². The van der Waals surface area contributed by atoms with Gasteiger partial charge < -0.3 is 25.2 Å². The van der Waals surface area contributed by atoms with E-state index in [-0.39, 0.29) is 23.7 Å². The first-order chi connectivity index (χ1) is 14.5. The lowest BCUT2D eigenvalue weighted by molar-refractivity contribution is 0.0198. The van der Waals surface area contributed by atoms with Crippen LogP contribution in [-0.4, -0.2) is 26.5 Å². The van der Waals surface area contributed by atoms with E-state index < -0.39 is 12.2 Å². The first kappa shape index (κ1) is 20.1. The van der Waals surface area contributed by atoms with Crippen molar-refractivity contribution >= 4 is 0 Å². The summed E-state index contributed by atoms with van der Waals surface area (Å²) in [5, 5.41) is 40.3. The SMILES string of the molecule is Oc1ccc([C@@H]2Oc3cc(CCCCc4ccccc4)cc(O)c3C[C@@H]2O)cc1O. The summed E-state index contributed by atoms with van der Waals surface area (Å²) in [4.78, 5) is 0. The van der Waals surface area contributed by atoms with Gasteiger partial charge in [-0.25, -0.2) is 0 Å². The number of aliphatic hydroxyl groups excluding tert-OH is 1. The molecule has 30 heavy (non-hydrogen) atoms. The minimum Gasteiger partial charge on any atom is -0.508 e. The Balaban J connectivity index is 1.45. The number of phenolic OH excluding ortho intramolecular Hbond substituents is 3. The molecule has 1 aliphatic heterocycles. The molecule has 0 unspecified atom stereocenters. The van der Waals surface area contributed by atoms with Crippen molar-refractivity contribution in [3.63, 3.8) is 0 Å². The highest BCUT2D eigenvalue weighted by Crippen LogP contribution is 2.41. The second-order valence-electron chi connectivity index (χ2n) is 7.84. The van der Waals surface area contributed by atoms with Crippen LogP contribution in [0.15, 0.2) is 60.7 Å². The smallest absolute Gasteiger partial charge is 0.157 e. The van der Waals surface area contributed by atoms with Gasteiger partial charge in [0.15, 0.2) is 11.5 Å². The molecule has 0 fully saturated rings. The van der Waals surface area contributed by atoms with Gasteiger partial charge in [0.1, 0.15) is 17.6 Å². The van der Waals surface area contributed by atoms with Crippen LogP contribution in [0.4, 0.5) is 0 Å². The van der Waals surface area contributed by atoms with Crippen molar-refractivity contribution in [2.24, 2.45) is 0 Å². The molecule has 156 valence electrons. The van der Waals surface area contributed by atoms with Gasteiger partial charge in [0.05, 0.1) is 6.10 Å². The van der Waals surface area contributed by atoms with Crippen LogP contribution in [-0.2, 0) is 19.3 Å². The first-order valence-electron chi connectivity index (χ1n) is 10.3. The van der Waals surface area contributed by atoms with Crippen LogP contribution in [0.2, 0.25) is 0 Å². The summed E-state index contributed by atoms with van der Waals surface area (Å²) in [6.07, 6.45) is 2.58. The summed E-state index contributed by atoms with van der Waals surface area (Å²) in [5.41, 5.74) is 3.47. The molecule has 1 heterocycles. The number of benzene rings is 3. The van der Waals surface area contributed by atoms with Crippen LogP contribution >= 0.6 is 0 Å². The third-order valence-corrected chi connectivity index (χ3v) is 5.61. The van der Waals surface area contributed by atoms with Crippen LogP contribution < -0.4 is 4.74 Å². The Kier molecular flexibility index (Phi) is 5.81. The van der Waals surface area contributed by atoms with Gasteiger partial charge in [0, 0.05) is 12.0 Å². The fourth-order valence-electron chi connectivity index (χ4n) is 3.98. The molecule has 5 heteroatoms. The van der Waals surface area contributed by atoms with Crippen molar-refractivity contribution in [2.75, 3.05) is 0 Å². The fourth-order valence-corrected chi connectivity index (χ4v) is 3.98. The lowest BCUT2D eigenvalue weighted by Crippen LogP contribution is -2.30. The van der Waals surface area contributed by atoms with E-state index in [0.717, 1.165) is 31.2 Å². The zero-order chi connectivity index (χ0) is 21.1. The minimum absolute atomic E-state index is 0.136. The number of rotatable bonds is 6. The standard InChI is InChI=1S/C25H26O5/c26-20-11-10-18(14-22(20)28)25-23(29)15-19-21(27)12-17(13-24(19)30-25)9-5-4-8-16-6-2-1-3-7-16/h1-3,6-7,10-14,23,25-29H,4-5,8-9,15H2/t23-,25-/m0/s1. The van der Waals surface area contributed by atoms with E-state index in [4.69, 9.17) is 4.74 Å². The predicted molar refractivity (Wildman–Crippen MR) is 114 cm³/mol. The van der Waals surface area contributed by atoms with Crippen molar-refractivity contribution in [1.29, 1.82) is 0 Å². The third kappa shape index (κ3) is 4.36. The number of aryl methyl sites for hydroxylation is 2. The molecule has 0 spiro atoms. The number of hydrogen-bond donors (Lipinski definition) is 4. The van der Waals surface area contributed by atoms with E-state index in [9.17, 15) is 20.4 Å². The lowest BCUT2D eigenvalue weighted by atomic mass is 9.92. The molecule has 0 radical (unpaired) electrons. The molecule has 4 N–H and O–H groups in total. The highest BCUT2D eigenvalue weighted by Gasteiger charge is 2.32. The summed E-state index contributed by atoms with van der Waals surface area (Å²) in [6.45, 7) is 0. The van der Waals surface area contributed by atoms with Crippen LogP contribution in [0.5, 0.6) is 23.0 Å². The maximum atomic E-state index is 10.5. The molecule has 0 saturated heterocycles. The van der Waals surface area contributed by atoms with Crippen LogP contribution in [0.25, 0.3) is 0 Å². The molecule has 0 aliphatic carbocycles. The molecule has 4 rings (SSSR count). The van der Waals surface area contributed by atoms with E-state index in [1.165, 1.54) is 17.7 Å². The van der Waals surface area contributed by atoms with Crippen LogP contribution in [0.3, 0.4) is 0 Å². The van der Waals surface area contributed by atoms with Crippen molar-refractivity contribution in [3.8, 4) is 23.0 Å². The summed E-state index contributed by atoms with van der Waals surface area (Å²) >= 11 is 0. The molecule has 0 amide bonds. The van der Waals surface area contributed by atoms with Gasteiger partial charge in [-0.2, -0.15) is 0 Å². The zero-order valence-electron chi connectivity index (χ0n) is 16.7. The summed E-state index contributed by atoms with van der Waals surface area (Å²) in [6, 6.07) is 18.4. The number of phenols is 3. The molecule has 5 nitrogen and oxygen atoms in total. The maximum absolute atomic E-state index is 10.5. The fraction of sp³-hybridized carbons (Fsp3) is 0.280. The number of fused-ring (bicyclic) bond motifs is 1. The van der Waals surface area contributed by atoms with Crippen molar-refractivity contribution < 1.29 is 25.2 Å². The number of aromatic hydroxyl groups is 3. The Labute approximate surface area is 175 Å². The van der Waals surface area contributed by atoms with Gasteiger partial charge >= 0.3 is 0 Å². The van der Waals surface area contributed by atoms with Crippen molar-refractivity contribution in [1.82, 2.24) is 0 Å². The lowest BCUT2D eigenvalue weighted by Gasteiger charge is -2.31. The Morgan fingerprint density at radius 2 is 1.50 bits per heavy atom. The molecular formula is C25H26O5. The highest BCUT2D eigenvalue weighted by molar-refractivity contribution is 5.50. The second kappa shape index (κ2) is 8.67. The molecule has 0 saturated carbocycles. The maximum Gasteiger partial charge on any atom is 0.157 e. The third-order valence-electron chi connectivity index (χ3n) is 5.61. The molecule has 0 aromatic heterocycles. The summed E-state index contributed by atoms with van der Waals surface area (Å²) in [7, 11) is 0. The highest BCUT2D eigenvalue weighted by atomic mass is 16.5. The molecule has 2 atom stereocenters. The predicted octanol–water partition coefficient (Wildman–Crippen LogP) is 4.41. The molecule has 0 bridgehead atoms. The van der Waals surface area contributed by atoms with Gasteiger partial charge in [-0.3, -0.25) is 0 Å². The number of unbranched alkanes of at least 4 members (excludes halogenated alkanes) is 1. The number of ether oxygens (including phenoxy) is 1. The Morgan fingerprint density at radius 1 is 0.767 bits per heavy atom.